The van der Waals surface area contributed by atoms with E-state index in [2.05, 4.69) is 5.32 Å². The Hall–Kier alpha value is -2.79. The minimum absolute atomic E-state index is 0.0113. The van der Waals surface area contributed by atoms with Gasteiger partial charge in [0.05, 0.1) is 16.4 Å². The minimum atomic E-state index is -6.38. The molecule has 1 amide bonds. The van der Waals surface area contributed by atoms with Gasteiger partial charge in [0, 0.05) is 30.6 Å². The Balaban J connectivity index is 1.62. The Kier molecular flexibility index (Phi) is 8.61. The van der Waals surface area contributed by atoms with E-state index < -0.39 is 83.2 Å². The molecule has 47 heavy (non-hydrogen) atoms. The lowest BCUT2D eigenvalue weighted by molar-refractivity contribution is -0.348. The van der Waals surface area contributed by atoms with Crippen LogP contribution in [0.4, 0.5) is 35.1 Å². The third-order valence-electron chi connectivity index (χ3n) is 10.1. The van der Waals surface area contributed by atoms with Gasteiger partial charge >= 0.3 is 18.0 Å². The van der Waals surface area contributed by atoms with Crippen LogP contribution in [0.3, 0.4) is 0 Å². The quantitative estimate of drug-likeness (QED) is 0.314. The monoisotopic (exact) mass is 717 g/mol. The second kappa shape index (κ2) is 11.4. The summed E-state index contributed by atoms with van der Waals surface area (Å²) in [5.41, 5.74) is -9.46. The van der Waals surface area contributed by atoms with E-state index in [1.807, 2.05) is 0 Å². The maximum atomic E-state index is 15.0. The molecule has 260 valence electrons. The molecule has 3 aliphatic rings. The zero-order chi connectivity index (χ0) is 35.0. The van der Waals surface area contributed by atoms with Crippen molar-refractivity contribution in [1.82, 2.24) is 5.32 Å². The van der Waals surface area contributed by atoms with Crippen LogP contribution in [0.15, 0.2) is 47.4 Å². The molecule has 17 heteroatoms. The maximum absolute atomic E-state index is 15.0. The SMILES string of the molecule is COC1(C(=O)N[C@@H]2CC[C@@]3(S(=O)(=O)c4ccc(F)cc4)c4ccc(C(F)(C(F)(F)F)C(F)(F)F)cc4CC[C@@H]23)CCS(=O)(=O)CC1C. The molecule has 2 fully saturated rings. The predicted octanol–water partition coefficient (Wildman–Crippen LogP) is 5.47. The molecule has 1 saturated carbocycles. The molecule has 0 aromatic heterocycles. The standard InChI is InChI=1S/C30H31F8NO6S2/c1-17-16-46(41,42)14-13-26(17,45-2)25(40)39-24-11-12-27(47(43,44)21-7-5-20(31)6-8-21)22-10-4-19(15-18(22)3-9-23(24)27)28(32,29(33,34)35)30(36,37)38/h4-8,10,15,17,23-24H,3,9,11-14,16H2,1-2H3,(H,39,40)/t17?,23-,24+,26?,27+/m0/s1. The van der Waals surface area contributed by atoms with E-state index in [0.717, 1.165) is 30.3 Å². The zero-order valence-electron chi connectivity index (χ0n) is 25.0. The van der Waals surface area contributed by atoms with Crippen LogP contribution in [0.1, 0.15) is 49.3 Å². The molecule has 5 rings (SSSR count). The lowest BCUT2D eigenvalue weighted by Crippen LogP contribution is -2.60. The molecule has 1 saturated heterocycles. The van der Waals surface area contributed by atoms with Crippen LogP contribution < -0.4 is 5.32 Å². The topological polar surface area (TPSA) is 107 Å². The first-order valence-electron chi connectivity index (χ1n) is 14.6. The van der Waals surface area contributed by atoms with Crippen molar-refractivity contribution < 1.29 is 61.5 Å². The number of sulfone groups is 2. The maximum Gasteiger partial charge on any atom is 0.435 e. The number of benzene rings is 2. The van der Waals surface area contributed by atoms with E-state index in [9.17, 15) is 52.4 Å². The molecule has 5 atom stereocenters. The third kappa shape index (κ3) is 5.34. The van der Waals surface area contributed by atoms with Gasteiger partial charge in [0.15, 0.2) is 25.3 Å². The van der Waals surface area contributed by atoms with Gasteiger partial charge in [-0.1, -0.05) is 25.1 Å². The molecule has 0 spiro atoms. The Morgan fingerprint density at radius 3 is 2.13 bits per heavy atom. The summed E-state index contributed by atoms with van der Waals surface area (Å²) in [4.78, 5) is 13.4. The fourth-order valence-corrected chi connectivity index (χ4v) is 12.0. The predicted molar refractivity (Wildman–Crippen MR) is 152 cm³/mol. The van der Waals surface area contributed by atoms with E-state index in [4.69, 9.17) is 4.74 Å². The van der Waals surface area contributed by atoms with Gasteiger partial charge in [-0.25, -0.2) is 25.6 Å². The number of alkyl halides is 7. The summed E-state index contributed by atoms with van der Waals surface area (Å²) in [5, 5.41) is 2.82. The number of ether oxygens (including phenoxy) is 1. The number of aryl methyl sites for hydroxylation is 1. The normalized spacial score (nSPS) is 29.5. The molecule has 0 bridgehead atoms. The van der Waals surface area contributed by atoms with Crippen LogP contribution in [-0.4, -0.2) is 65.4 Å². The van der Waals surface area contributed by atoms with Crippen molar-refractivity contribution in [3.63, 3.8) is 0 Å². The van der Waals surface area contributed by atoms with Crippen molar-refractivity contribution in [3.05, 3.63) is 65.0 Å². The first-order chi connectivity index (χ1) is 21.6. The number of carbonyl (C=O) groups is 1. The summed E-state index contributed by atoms with van der Waals surface area (Å²) >= 11 is 0. The van der Waals surface area contributed by atoms with E-state index in [-0.39, 0.29) is 65.7 Å². The Labute approximate surface area is 265 Å². The average molecular weight is 718 g/mol. The fraction of sp³-hybridized carbons (Fsp3) is 0.567. The second-order valence-electron chi connectivity index (χ2n) is 12.5. The van der Waals surface area contributed by atoms with Gasteiger partial charge in [0.2, 0.25) is 0 Å². The molecular weight excluding hydrogens is 686 g/mol. The molecule has 1 heterocycles. The number of nitrogens with one attached hydrogen (secondary N) is 1. The fourth-order valence-electron chi connectivity index (χ4n) is 7.73. The number of amides is 1. The average Bonchev–Trinajstić information content (AvgIpc) is 3.35. The lowest BCUT2D eigenvalue weighted by atomic mass is 9.73. The van der Waals surface area contributed by atoms with Crippen molar-refractivity contribution in [2.45, 2.75) is 78.3 Å². The highest BCUT2D eigenvalue weighted by Crippen LogP contribution is 2.59. The second-order valence-corrected chi connectivity index (χ2v) is 16.9. The number of hydrogen-bond donors (Lipinski definition) is 1. The number of halogens is 8. The van der Waals surface area contributed by atoms with Crippen molar-refractivity contribution in [3.8, 4) is 0 Å². The Bertz CT molecular complexity index is 1760. The van der Waals surface area contributed by atoms with Gasteiger partial charge in [0.25, 0.3) is 5.91 Å². The number of carbonyl (C=O) groups excluding carboxylic acids is 1. The van der Waals surface area contributed by atoms with Crippen LogP contribution in [0, 0.1) is 17.7 Å². The molecular formula is C30H31F8NO6S2. The largest absolute Gasteiger partial charge is 0.435 e. The first-order valence-corrected chi connectivity index (χ1v) is 17.9. The van der Waals surface area contributed by atoms with Gasteiger partial charge in [-0.15, -0.1) is 0 Å². The van der Waals surface area contributed by atoms with Gasteiger partial charge < -0.3 is 10.1 Å². The zero-order valence-corrected chi connectivity index (χ0v) is 26.6. The number of methoxy groups -OCH3 is 1. The minimum Gasteiger partial charge on any atom is -0.368 e. The number of rotatable bonds is 6. The van der Waals surface area contributed by atoms with E-state index in [1.165, 1.54) is 14.0 Å². The highest BCUT2D eigenvalue weighted by Gasteiger charge is 2.74. The van der Waals surface area contributed by atoms with Crippen molar-refractivity contribution >= 4 is 25.6 Å². The van der Waals surface area contributed by atoms with E-state index >= 15 is 4.39 Å². The van der Waals surface area contributed by atoms with Crippen LogP contribution in [-0.2, 0) is 46.0 Å². The van der Waals surface area contributed by atoms with Crippen LogP contribution in [0.2, 0.25) is 0 Å². The van der Waals surface area contributed by atoms with Crippen LogP contribution in [0.25, 0.3) is 0 Å². The van der Waals surface area contributed by atoms with Crippen LogP contribution >= 0.6 is 0 Å². The van der Waals surface area contributed by atoms with Gasteiger partial charge in [-0.3, -0.25) is 4.79 Å². The molecule has 2 aliphatic carbocycles. The molecule has 1 aliphatic heterocycles. The summed E-state index contributed by atoms with van der Waals surface area (Å²) in [6.07, 6.45) is -13.6. The summed E-state index contributed by atoms with van der Waals surface area (Å²) in [6, 6.07) is 4.25. The van der Waals surface area contributed by atoms with Gasteiger partial charge in [-0.2, -0.15) is 26.3 Å². The van der Waals surface area contributed by atoms with E-state index in [1.54, 1.807) is 0 Å². The Morgan fingerprint density at radius 2 is 1.57 bits per heavy atom. The van der Waals surface area contributed by atoms with Crippen molar-refractivity contribution in [2.24, 2.45) is 11.8 Å². The van der Waals surface area contributed by atoms with Crippen molar-refractivity contribution in [1.29, 1.82) is 0 Å². The molecule has 0 radical (unpaired) electrons. The summed E-state index contributed by atoms with van der Waals surface area (Å²) in [6.45, 7) is 1.53. The summed E-state index contributed by atoms with van der Waals surface area (Å²) in [7, 11) is -6.82. The number of fused-ring (bicyclic) bond motifs is 3. The highest BCUT2D eigenvalue weighted by atomic mass is 32.2. The molecule has 2 unspecified atom stereocenters. The van der Waals surface area contributed by atoms with Crippen LogP contribution in [0.5, 0.6) is 0 Å². The van der Waals surface area contributed by atoms with Gasteiger partial charge in [0.1, 0.15) is 10.6 Å². The molecule has 7 nitrogen and oxygen atoms in total. The molecule has 1 N–H and O–H groups in total. The first kappa shape index (κ1) is 35.5. The smallest absolute Gasteiger partial charge is 0.368 e. The number of hydrogen-bond acceptors (Lipinski definition) is 6. The lowest BCUT2D eigenvalue weighted by Gasteiger charge is -2.44. The third-order valence-corrected chi connectivity index (χ3v) is 14.5. The molecule has 2 aromatic rings. The summed E-state index contributed by atoms with van der Waals surface area (Å²) in [5.74, 6) is -3.91. The van der Waals surface area contributed by atoms with Gasteiger partial charge in [-0.05, 0) is 67.5 Å². The highest BCUT2D eigenvalue weighted by molar-refractivity contribution is 7.92. The summed E-state index contributed by atoms with van der Waals surface area (Å²) < 4.78 is 167. The van der Waals surface area contributed by atoms with E-state index in [0.29, 0.717) is 6.07 Å². The molecule has 2 aromatic carbocycles. The van der Waals surface area contributed by atoms with Crippen molar-refractivity contribution in [2.75, 3.05) is 18.6 Å². The Morgan fingerprint density at radius 1 is 0.957 bits per heavy atom.